The second kappa shape index (κ2) is 9.57. The molecule has 23 heavy (non-hydrogen) atoms. The van der Waals surface area contributed by atoms with E-state index in [0.29, 0.717) is 11.0 Å². The number of hydrogen-bond acceptors (Lipinski definition) is 3. The van der Waals surface area contributed by atoms with Gasteiger partial charge in [-0.15, -0.1) is 11.8 Å². The molecule has 6 heteroatoms. The van der Waals surface area contributed by atoms with Crippen LogP contribution in [-0.2, 0) is 4.79 Å². The second-order valence-corrected chi connectivity index (χ2v) is 6.81. The summed E-state index contributed by atoms with van der Waals surface area (Å²) in [5.41, 5.74) is 0. The van der Waals surface area contributed by atoms with E-state index in [9.17, 15) is 9.18 Å². The van der Waals surface area contributed by atoms with Gasteiger partial charge in [-0.1, -0.05) is 34.1 Å². The maximum Gasteiger partial charge on any atom is 0.257 e. The molecule has 0 atom stereocenters. The number of thioether (sulfide) groups is 1. The first kappa shape index (κ1) is 17.8. The third kappa shape index (κ3) is 6.62. The van der Waals surface area contributed by atoms with Crippen molar-refractivity contribution in [2.24, 2.45) is 0 Å². The smallest absolute Gasteiger partial charge is 0.257 e. The Hall–Kier alpha value is -1.53. The third-order valence-electron chi connectivity index (χ3n) is 2.91. The van der Waals surface area contributed by atoms with E-state index in [2.05, 4.69) is 33.4 Å². The Kier molecular flexibility index (Phi) is 7.42. The molecule has 0 saturated heterocycles. The molecule has 0 aliphatic heterocycles. The molecule has 0 bridgehead atoms. The molecule has 0 aromatic heterocycles. The van der Waals surface area contributed by atoms with Crippen LogP contribution >= 0.6 is 27.7 Å². The summed E-state index contributed by atoms with van der Waals surface area (Å²) in [7, 11) is 0. The van der Waals surface area contributed by atoms with E-state index < -0.39 is 5.82 Å². The van der Waals surface area contributed by atoms with Crippen molar-refractivity contribution in [3.05, 3.63) is 58.8 Å². The topological polar surface area (TPSA) is 38.3 Å². The fourth-order valence-electron chi connectivity index (χ4n) is 1.79. The first-order chi connectivity index (χ1) is 11.1. The van der Waals surface area contributed by atoms with Crippen LogP contribution in [0.2, 0.25) is 0 Å². The van der Waals surface area contributed by atoms with E-state index in [0.717, 1.165) is 12.2 Å². The number of halogens is 2. The number of ether oxygens (including phenoxy) is 1. The number of nitrogens with one attached hydrogen (secondary N) is 1. The van der Waals surface area contributed by atoms with Crippen molar-refractivity contribution >= 4 is 33.6 Å². The SMILES string of the molecule is O=C(COc1ccc(Br)cc1F)NCCCSc1ccccc1. The van der Waals surface area contributed by atoms with Crippen LogP contribution in [-0.4, -0.2) is 24.8 Å². The molecular weight excluding hydrogens is 381 g/mol. The molecule has 0 radical (unpaired) electrons. The molecule has 122 valence electrons. The maximum atomic E-state index is 13.5. The van der Waals surface area contributed by atoms with E-state index in [-0.39, 0.29) is 18.3 Å². The van der Waals surface area contributed by atoms with Crippen molar-refractivity contribution in [2.75, 3.05) is 18.9 Å². The van der Waals surface area contributed by atoms with Gasteiger partial charge in [0.2, 0.25) is 0 Å². The predicted octanol–water partition coefficient (Wildman–Crippen LogP) is 4.27. The van der Waals surface area contributed by atoms with Crippen LogP contribution in [0, 0.1) is 5.82 Å². The van der Waals surface area contributed by atoms with Gasteiger partial charge in [0.05, 0.1) is 0 Å². The molecule has 3 nitrogen and oxygen atoms in total. The van der Waals surface area contributed by atoms with Gasteiger partial charge in [0.15, 0.2) is 18.2 Å². The fourth-order valence-corrected chi connectivity index (χ4v) is 3.00. The van der Waals surface area contributed by atoms with Gasteiger partial charge < -0.3 is 10.1 Å². The molecule has 0 heterocycles. The lowest BCUT2D eigenvalue weighted by molar-refractivity contribution is -0.123. The molecule has 0 unspecified atom stereocenters. The Morgan fingerprint density at radius 1 is 1.22 bits per heavy atom. The van der Waals surface area contributed by atoms with E-state index in [4.69, 9.17) is 4.74 Å². The minimum atomic E-state index is -0.494. The van der Waals surface area contributed by atoms with Gasteiger partial charge in [0, 0.05) is 15.9 Å². The summed E-state index contributed by atoms with van der Waals surface area (Å²) in [5, 5.41) is 2.76. The maximum absolute atomic E-state index is 13.5. The van der Waals surface area contributed by atoms with Crippen LogP contribution in [0.5, 0.6) is 5.75 Å². The zero-order valence-electron chi connectivity index (χ0n) is 12.4. The Morgan fingerprint density at radius 2 is 2.00 bits per heavy atom. The first-order valence-electron chi connectivity index (χ1n) is 7.17. The van der Waals surface area contributed by atoms with Crippen LogP contribution in [0.15, 0.2) is 57.9 Å². The van der Waals surface area contributed by atoms with Crippen molar-refractivity contribution in [1.29, 1.82) is 0 Å². The molecule has 0 saturated carbocycles. The highest BCUT2D eigenvalue weighted by Gasteiger charge is 2.07. The summed E-state index contributed by atoms with van der Waals surface area (Å²) in [6.45, 7) is 0.384. The Morgan fingerprint density at radius 3 is 2.74 bits per heavy atom. The van der Waals surface area contributed by atoms with Crippen LogP contribution in [0.3, 0.4) is 0 Å². The monoisotopic (exact) mass is 397 g/mol. The van der Waals surface area contributed by atoms with Crippen LogP contribution < -0.4 is 10.1 Å². The van der Waals surface area contributed by atoms with Crippen molar-refractivity contribution in [1.82, 2.24) is 5.32 Å². The molecule has 2 aromatic rings. The van der Waals surface area contributed by atoms with Gasteiger partial charge in [-0.2, -0.15) is 0 Å². The van der Waals surface area contributed by atoms with E-state index in [1.165, 1.54) is 17.0 Å². The number of rotatable bonds is 8. The van der Waals surface area contributed by atoms with Crippen molar-refractivity contribution < 1.29 is 13.9 Å². The summed E-state index contributed by atoms with van der Waals surface area (Å²) in [6, 6.07) is 14.6. The predicted molar refractivity (Wildman–Crippen MR) is 94.4 cm³/mol. The molecule has 0 aliphatic carbocycles. The lowest BCUT2D eigenvalue weighted by Crippen LogP contribution is -2.30. The lowest BCUT2D eigenvalue weighted by Gasteiger charge is -2.08. The number of amides is 1. The highest BCUT2D eigenvalue weighted by Crippen LogP contribution is 2.21. The van der Waals surface area contributed by atoms with Crippen molar-refractivity contribution in [3.8, 4) is 5.75 Å². The van der Waals surface area contributed by atoms with Gasteiger partial charge >= 0.3 is 0 Å². The zero-order chi connectivity index (χ0) is 16.5. The number of hydrogen-bond donors (Lipinski definition) is 1. The van der Waals surface area contributed by atoms with Gasteiger partial charge in [0.1, 0.15) is 0 Å². The summed E-state index contributed by atoms with van der Waals surface area (Å²) >= 11 is 4.91. The minimum absolute atomic E-state index is 0.0722. The molecular formula is C17H17BrFNO2S. The molecule has 0 fully saturated rings. The van der Waals surface area contributed by atoms with Gasteiger partial charge in [0.25, 0.3) is 5.91 Å². The normalized spacial score (nSPS) is 10.3. The molecule has 0 aliphatic rings. The highest BCUT2D eigenvalue weighted by atomic mass is 79.9. The van der Waals surface area contributed by atoms with Gasteiger partial charge in [-0.05, 0) is 42.5 Å². The Labute approximate surface area is 147 Å². The molecule has 1 N–H and O–H groups in total. The molecule has 1 amide bonds. The largest absolute Gasteiger partial charge is 0.481 e. The number of carbonyl (C=O) groups excluding carboxylic acids is 1. The quantitative estimate of drug-likeness (QED) is 0.533. The molecule has 2 rings (SSSR count). The van der Waals surface area contributed by atoms with E-state index in [1.807, 2.05) is 18.2 Å². The molecule has 0 spiro atoms. The first-order valence-corrected chi connectivity index (χ1v) is 8.95. The van der Waals surface area contributed by atoms with E-state index in [1.54, 1.807) is 17.8 Å². The summed E-state index contributed by atoms with van der Waals surface area (Å²) in [6.07, 6.45) is 0.859. The third-order valence-corrected chi connectivity index (χ3v) is 4.50. The van der Waals surface area contributed by atoms with Crippen molar-refractivity contribution in [2.45, 2.75) is 11.3 Å². The van der Waals surface area contributed by atoms with Crippen LogP contribution in [0.1, 0.15) is 6.42 Å². The average molecular weight is 398 g/mol. The van der Waals surface area contributed by atoms with Crippen LogP contribution in [0.25, 0.3) is 0 Å². The van der Waals surface area contributed by atoms with Crippen molar-refractivity contribution in [3.63, 3.8) is 0 Å². The summed E-state index contributed by atoms with van der Waals surface area (Å²) in [4.78, 5) is 12.9. The summed E-state index contributed by atoms with van der Waals surface area (Å²) < 4.78 is 19.3. The lowest BCUT2D eigenvalue weighted by atomic mass is 10.3. The second-order valence-electron chi connectivity index (χ2n) is 4.73. The minimum Gasteiger partial charge on any atom is -0.481 e. The van der Waals surface area contributed by atoms with Gasteiger partial charge in [-0.25, -0.2) is 4.39 Å². The zero-order valence-corrected chi connectivity index (χ0v) is 14.8. The number of carbonyl (C=O) groups is 1. The van der Waals surface area contributed by atoms with Crippen LogP contribution in [0.4, 0.5) is 4.39 Å². The molecule has 2 aromatic carbocycles. The summed E-state index contributed by atoms with van der Waals surface area (Å²) in [5.74, 6) is 0.249. The standard InChI is InChI=1S/C17H17BrFNO2S/c18-13-7-8-16(15(19)11-13)22-12-17(21)20-9-4-10-23-14-5-2-1-3-6-14/h1-3,5-8,11H,4,9-10,12H2,(H,20,21). The highest BCUT2D eigenvalue weighted by molar-refractivity contribution is 9.10. The Balaban J connectivity index is 1.60. The fraction of sp³-hybridized carbons (Fsp3) is 0.235. The van der Waals surface area contributed by atoms with Gasteiger partial charge in [-0.3, -0.25) is 4.79 Å². The average Bonchev–Trinajstić information content (AvgIpc) is 2.54. The number of benzene rings is 2. The van der Waals surface area contributed by atoms with E-state index >= 15 is 0 Å². The Bertz CT molecular complexity index is 640.